The zero-order valence-electron chi connectivity index (χ0n) is 10.9. The molecule has 1 spiro atoms. The molecule has 1 saturated carbocycles. The molecule has 0 amide bonds. The molecule has 4 heteroatoms. The zero-order valence-corrected chi connectivity index (χ0v) is 10.9. The van der Waals surface area contributed by atoms with Crippen LogP contribution < -0.4 is 5.32 Å². The maximum atomic E-state index is 10.7. The van der Waals surface area contributed by atoms with Crippen LogP contribution in [-0.4, -0.2) is 30.4 Å². The van der Waals surface area contributed by atoms with E-state index in [9.17, 15) is 4.79 Å². The quantitative estimate of drug-likeness (QED) is 0.768. The fourth-order valence-electron chi connectivity index (χ4n) is 2.87. The Hall–Kier alpha value is -0.610. The van der Waals surface area contributed by atoms with Crippen molar-refractivity contribution in [1.29, 1.82) is 0 Å². The van der Waals surface area contributed by atoms with Crippen molar-refractivity contribution in [3.63, 3.8) is 0 Å². The van der Waals surface area contributed by atoms with E-state index in [1.54, 1.807) is 0 Å². The number of hydrogen-bond acceptors (Lipinski definition) is 4. The number of carbonyl (C=O) groups excluding carboxylic acids is 1. The summed E-state index contributed by atoms with van der Waals surface area (Å²) >= 11 is 0. The van der Waals surface area contributed by atoms with Crippen LogP contribution in [0.25, 0.3) is 0 Å². The van der Waals surface area contributed by atoms with Gasteiger partial charge in [-0.25, -0.2) is 0 Å². The van der Waals surface area contributed by atoms with Gasteiger partial charge < -0.3 is 9.47 Å². The monoisotopic (exact) mass is 241 g/mol. The van der Waals surface area contributed by atoms with Crippen molar-refractivity contribution in [3.8, 4) is 0 Å². The molecule has 0 bridgehead atoms. The van der Waals surface area contributed by atoms with Crippen LogP contribution in [0.15, 0.2) is 0 Å². The summed E-state index contributed by atoms with van der Waals surface area (Å²) in [5.74, 6) is -0.208. The van der Waals surface area contributed by atoms with Gasteiger partial charge in [0.1, 0.15) is 5.72 Å². The predicted molar refractivity (Wildman–Crippen MR) is 64.6 cm³/mol. The minimum absolute atomic E-state index is 0.0488. The molecule has 2 rings (SSSR count). The van der Waals surface area contributed by atoms with E-state index < -0.39 is 0 Å². The third kappa shape index (κ3) is 3.19. The SMILES string of the molecule is CC(=O)OCC[C@]1(C)COC2(CCCCC2)N1. The van der Waals surface area contributed by atoms with E-state index in [-0.39, 0.29) is 17.2 Å². The molecule has 1 aliphatic heterocycles. The number of esters is 1. The van der Waals surface area contributed by atoms with Gasteiger partial charge in [0.25, 0.3) is 0 Å². The van der Waals surface area contributed by atoms with Crippen molar-refractivity contribution >= 4 is 5.97 Å². The summed E-state index contributed by atoms with van der Waals surface area (Å²) in [6, 6.07) is 0. The maximum Gasteiger partial charge on any atom is 0.302 e. The first-order valence-corrected chi connectivity index (χ1v) is 6.60. The molecular formula is C13H23NO3. The van der Waals surface area contributed by atoms with Crippen molar-refractivity contribution in [1.82, 2.24) is 5.32 Å². The molecule has 1 heterocycles. The van der Waals surface area contributed by atoms with Crippen LogP contribution in [0, 0.1) is 0 Å². The molecule has 1 aliphatic carbocycles. The summed E-state index contributed by atoms with van der Waals surface area (Å²) in [6.07, 6.45) is 6.83. The van der Waals surface area contributed by atoms with E-state index in [0.29, 0.717) is 13.2 Å². The molecule has 1 saturated heterocycles. The minimum atomic E-state index is -0.208. The summed E-state index contributed by atoms with van der Waals surface area (Å²) in [4.78, 5) is 10.7. The van der Waals surface area contributed by atoms with Crippen molar-refractivity contribution in [2.24, 2.45) is 0 Å². The molecule has 0 aromatic carbocycles. The molecule has 2 fully saturated rings. The van der Waals surface area contributed by atoms with Crippen LogP contribution in [0.5, 0.6) is 0 Å². The standard InChI is InChI=1S/C13H23NO3/c1-11(15)16-9-8-12(2)10-17-13(14-12)6-4-3-5-7-13/h14H,3-10H2,1-2H3/t12-/m1/s1. The fraction of sp³-hybridized carbons (Fsp3) is 0.923. The number of nitrogens with one attached hydrogen (secondary N) is 1. The van der Waals surface area contributed by atoms with Crippen LogP contribution in [-0.2, 0) is 14.3 Å². The normalized spacial score (nSPS) is 31.6. The van der Waals surface area contributed by atoms with Crippen LogP contribution in [0.3, 0.4) is 0 Å². The van der Waals surface area contributed by atoms with Crippen LogP contribution in [0.1, 0.15) is 52.4 Å². The lowest BCUT2D eigenvalue weighted by molar-refractivity contribution is -0.141. The van der Waals surface area contributed by atoms with Crippen molar-refractivity contribution in [3.05, 3.63) is 0 Å². The first-order chi connectivity index (χ1) is 8.04. The van der Waals surface area contributed by atoms with Gasteiger partial charge in [-0.05, 0) is 32.6 Å². The molecule has 2 aliphatic rings. The third-order valence-electron chi connectivity index (χ3n) is 3.82. The van der Waals surface area contributed by atoms with Gasteiger partial charge in [0.05, 0.1) is 13.2 Å². The zero-order chi connectivity index (χ0) is 12.4. The molecule has 0 aromatic heterocycles. The highest BCUT2D eigenvalue weighted by molar-refractivity contribution is 5.65. The largest absolute Gasteiger partial charge is 0.466 e. The van der Waals surface area contributed by atoms with Gasteiger partial charge in [-0.15, -0.1) is 0 Å². The average molecular weight is 241 g/mol. The molecule has 98 valence electrons. The second kappa shape index (κ2) is 4.94. The lowest BCUT2D eigenvalue weighted by Crippen LogP contribution is -2.51. The first kappa shape index (κ1) is 12.8. The molecule has 0 aromatic rings. The van der Waals surface area contributed by atoms with Gasteiger partial charge in [-0.3, -0.25) is 10.1 Å². The van der Waals surface area contributed by atoms with Gasteiger partial charge in [-0.1, -0.05) is 6.42 Å². The Balaban J connectivity index is 1.84. The van der Waals surface area contributed by atoms with Gasteiger partial charge in [0, 0.05) is 18.9 Å². The lowest BCUT2D eigenvalue weighted by atomic mass is 9.90. The average Bonchev–Trinajstić information content (AvgIpc) is 2.57. The smallest absolute Gasteiger partial charge is 0.302 e. The fourth-order valence-corrected chi connectivity index (χ4v) is 2.87. The summed E-state index contributed by atoms with van der Waals surface area (Å²) in [7, 11) is 0. The van der Waals surface area contributed by atoms with Gasteiger partial charge >= 0.3 is 5.97 Å². The van der Waals surface area contributed by atoms with E-state index in [2.05, 4.69) is 12.2 Å². The van der Waals surface area contributed by atoms with E-state index >= 15 is 0 Å². The summed E-state index contributed by atoms with van der Waals surface area (Å²) < 4.78 is 11.0. The molecule has 1 atom stereocenters. The van der Waals surface area contributed by atoms with E-state index in [4.69, 9.17) is 9.47 Å². The molecular weight excluding hydrogens is 218 g/mol. The molecule has 17 heavy (non-hydrogen) atoms. The lowest BCUT2D eigenvalue weighted by Gasteiger charge is -2.35. The highest BCUT2D eigenvalue weighted by Crippen LogP contribution is 2.37. The number of carbonyl (C=O) groups is 1. The number of hydrogen-bond donors (Lipinski definition) is 1. The molecule has 0 unspecified atom stereocenters. The Kier molecular flexibility index (Phi) is 3.73. The van der Waals surface area contributed by atoms with Crippen LogP contribution in [0.4, 0.5) is 0 Å². The predicted octanol–water partition coefficient (Wildman–Crippen LogP) is 1.98. The Morgan fingerprint density at radius 2 is 2.06 bits per heavy atom. The molecule has 4 nitrogen and oxygen atoms in total. The second-order valence-corrected chi connectivity index (χ2v) is 5.62. The van der Waals surface area contributed by atoms with Crippen LogP contribution >= 0.6 is 0 Å². The third-order valence-corrected chi connectivity index (χ3v) is 3.82. The first-order valence-electron chi connectivity index (χ1n) is 6.60. The van der Waals surface area contributed by atoms with Gasteiger partial charge in [-0.2, -0.15) is 0 Å². The Bertz CT molecular complexity index is 286. The van der Waals surface area contributed by atoms with Crippen molar-refractivity contribution < 1.29 is 14.3 Å². The van der Waals surface area contributed by atoms with Crippen LogP contribution in [0.2, 0.25) is 0 Å². The minimum Gasteiger partial charge on any atom is -0.466 e. The highest BCUT2D eigenvalue weighted by atomic mass is 16.5. The number of ether oxygens (including phenoxy) is 2. The molecule has 0 radical (unpaired) electrons. The Morgan fingerprint density at radius 3 is 2.71 bits per heavy atom. The Labute approximate surface area is 103 Å². The summed E-state index contributed by atoms with van der Waals surface area (Å²) in [6.45, 7) is 4.79. The van der Waals surface area contributed by atoms with E-state index in [1.165, 1.54) is 26.2 Å². The topological polar surface area (TPSA) is 47.6 Å². The van der Waals surface area contributed by atoms with Crippen molar-refractivity contribution in [2.75, 3.05) is 13.2 Å². The van der Waals surface area contributed by atoms with E-state index in [1.807, 2.05) is 0 Å². The van der Waals surface area contributed by atoms with Gasteiger partial charge in [0.2, 0.25) is 0 Å². The van der Waals surface area contributed by atoms with E-state index in [0.717, 1.165) is 19.3 Å². The molecule has 1 N–H and O–H groups in total. The van der Waals surface area contributed by atoms with Gasteiger partial charge in [0.15, 0.2) is 0 Å². The Morgan fingerprint density at radius 1 is 1.35 bits per heavy atom. The second-order valence-electron chi connectivity index (χ2n) is 5.62. The maximum absolute atomic E-state index is 10.7. The summed E-state index contributed by atoms with van der Waals surface area (Å²) in [5, 5.41) is 3.64. The highest BCUT2D eigenvalue weighted by Gasteiger charge is 2.46. The van der Waals surface area contributed by atoms with Crippen molar-refractivity contribution in [2.45, 2.75) is 63.6 Å². The number of rotatable bonds is 3. The summed E-state index contributed by atoms with van der Waals surface area (Å²) in [5.41, 5.74) is -0.143.